The Morgan fingerprint density at radius 3 is 2.87 bits per heavy atom. The number of anilines is 1. The number of hydrogen-bond acceptors (Lipinski definition) is 2. The molecule has 3 heteroatoms. The lowest BCUT2D eigenvalue weighted by Gasteiger charge is -2.06. The van der Waals surface area contributed by atoms with Crippen LogP contribution in [0.5, 0.6) is 0 Å². The topological polar surface area (TPSA) is 12.0 Å². The number of hydrogen-bond donors (Lipinski definition) is 1. The molecule has 0 aliphatic rings. The van der Waals surface area contributed by atoms with E-state index in [9.17, 15) is 0 Å². The second-order valence-corrected chi connectivity index (χ2v) is 4.84. The minimum Gasteiger partial charge on any atom is -0.380 e. The van der Waals surface area contributed by atoms with E-state index in [0.29, 0.717) is 0 Å². The van der Waals surface area contributed by atoms with Crippen molar-refractivity contribution in [1.82, 2.24) is 0 Å². The first-order chi connectivity index (χ1) is 7.25. The largest absolute Gasteiger partial charge is 0.380 e. The Labute approximate surface area is 98.7 Å². The van der Waals surface area contributed by atoms with Crippen LogP contribution in [0.2, 0.25) is 5.02 Å². The third kappa shape index (κ3) is 2.74. The van der Waals surface area contributed by atoms with Crippen molar-refractivity contribution < 1.29 is 0 Å². The summed E-state index contributed by atoms with van der Waals surface area (Å²) < 4.78 is 0. The third-order valence-electron chi connectivity index (χ3n) is 2.22. The quantitative estimate of drug-likeness (QED) is 0.838. The van der Waals surface area contributed by atoms with Crippen molar-refractivity contribution in [2.24, 2.45) is 0 Å². The van der Waals surface area contributed by atoms with Crippen LogP contribution in [-0.4, -0.2) is 0 Å². The average molecular weight is 238 g/mol. The van der Waals surface area contributed by atoms with Crippen LogP contribution in [0.25, 0.3) is 0 Å². The molecule has 1 heterocycles. The van der Waals surface area contributed by atoms with Crippen molar-refractivity contribution >= 4 is 28.6 Å². The van der Waals surface area contributed by atoms with Crippen LogP contribution >= 0.6 is 22.9 Å². The highest BCUT2D eigenvalue weighted by atomic mass is 35.5. The first kappa shape index (κ1) is 10.5. The number of aryl methyl sites for hydroxylation is 1. The minimum absolute atomic E-state index is 0.811. The summed E-state index contributed by atoms with van der Waals surface area (Å²) in [6, 6.07) is 10.2. The maximum Gasteiger partial charge on any atom is 0.0494 e. The molecule has 0 spiro atoms. The lowest BCUT2D eigenvalue weighted by molar-refractivity contribution is 1.19. The lowest BCUT2D eigenvalue weighted by atomic mass is 10.2. The Morgan fingerprint density at radius 2 is 2.20 bits per heavy atom. The third-order valence-corrected chi connectivity index (χ3v) is 3.50. The van der Waals surface area contributed by atoms with Crippen LogP contribution in [0.15, 0.2) is 35.7 Å². The van der Waals surface area contributed by atoms with Gasteiger partial charge in [0.25, 0.3) is 0 Å². The molecule has 0 aliphatic heterocycles. The summed E-state index contributed by atoms with van der Waals surface area (Å²) in [4.78, 5) is 1.33. The van der Waals surface area contributed by atoms with Crippen molar-refractivity contribution in [3.63, 3.8) is 0 Å². The van der Waals surface area contributed by atoms with Crippen LogP contribution in [-0.2, 0) is 6.54 Å². The Morgan fingerprint density at radius 1 is 1.33 bits per heavy atom. The van der Waals surface area contributed by atoms with E-state index in [1.54, 1.807) is 11.3 Å². The Balaban J connectivity index is 2.02. The Kier molecular flexibility index (Phi) is 3.29. The normalized spacial score (nSPS) is 10.3. The van der Waals surface area contributed by atoms with E-state index in [-0.39, 0.29) is 0 Å². The molecular weight excluding hydrogens is 226 g/mol. The van der Waals surface area contributed by atoms with Gasteiger partial charge in [-0.2, -0.15) is 0 Å². The van der Waals surface area contributed by atoms with Crippen molar-refractivity contribution in [2.75, 3.05) is 5.32 Å². The number of benzene rings is 1. The summed E-state index contributed by atoms with van der Waals surface area (Å²) in [5, 5.41) is 6.23. The highest BCUT2D eigenvalue weighted by Crippen LogP contribution is 2.20. The van der Waals surface area contributed by atoms with Gasteiger partial charge in [0.15, 0.2) is 0 Å². The Hall–Kier alpha value is -0.990. The highest BCUT2D eigenvalue weighted by Gasteiger charge is 1.98. The minimum atomic E-state index is 0.811. The fourth-order valence-electron chi connectivity index (χ4n) is 1.31. The van der Waals surface area contributed by atoms with Gasteiger partial charge in [0, 0.05) is 22.1 Å². The number of nitrogens with one attached hydrogen (secondary N) is 1. The summed E-state index contributed by atoms with van der Waals surface area (Å²) in [6.07, 6.45) is 0. The zero-order valence-electron chi connectivity index (χ0n) is 8.46. The van der Waals surface area contributed by atoms with Crippen LogP contribution in [0, 0.1) is 6.92 Å². The predicted molar refractivity (Wildman–Crippen MR) is 67.8 cm³/mol. The van der Waals surface area contributed by atoms with E-state index >= 15 is 0 Å². The molecule has 78 valence electrons. The van der Waals surface area contributed by atoms with Crippen molar-refractivity contribution in [1.29, 1.82) is 0 Å². The fraction of sp³-hybridized carbons (Fsp3) is 0.167. The van der Waals surface area contributed by atoms with Gasteiger partial charge < -0.3 is 5.32 Å². The SMILES string of the molecule is Cc1ccc(NCc2cccs2)cc1Cl. The molecule has 0 aliphatic carbocycles. The van der Waals surface area contributed by atoms with Crippen molar-refractivity contribution in [2.45, 2.75) is 13.5 Å². The molecule has 0 saturated carbocycles. The van der Waals surface area contributed by atoms with Crippen LogP contribution in [0.3, 0.4) is 0 Å². The molecule has 1 nitrogen and oxygen atoms in total. The standard InChI is InChI=1S/C12H12ClNS/c1-9-4-5-10(7-12(9)13)14-8-11-3-2-6-15-11/h2-7,14H,8H2,1H3. The zero-order valence-corrected chi connectivity index (χ0v) is 10.0. The van der Waals surface area contributed by atoms with E-state index in [4.69, 9.17) is 11.6 Å². The monoisotopic (exact) mass is 237 g/mol. The zero-order chi connectivity index (χ0) is 10.7. The molecule has 1 N–H and O–H groups in total. The van der Waals surface area contributed by atoms with Gasteiger partial charge in [-0.05, 0) is 36.1 Å². The molecule has 2 rings (SSSR count). The summed E-state index contributed by atoms with van der Waals surface area (Å²) >= 11 is 7.79. The van der Waals surface area contributed by atoms with Gasteiger partial charge in [0.05, 0.1) is 0 Å². The van der Waals surface area contributed by atoms with Gasteiger partial charge in [0.1, 0.15) is 0 Å². The molecule has 0 saturated heterocycles. The molecule has 2 aromatic rings. The van der Waals surface area contributed by atoms with Gasteiger partial charge in [-0.15, -0.1) is 11.3 Å². The molecule has 0 amide bonds. The highest BCUT2D eigenvalue weighted by molar-refractivity contribution is 7.09. The average Bonchev–Trinajstić information content (AvgIpc) is 2.73. The summed E-state index contributed by atoms with van der Waals surface area (Å²) in [6.45, 7) is 2.86. The van der Waals surface area contributed by atoms with Gasteiger partial charge in [-0.25, -0.2) is 0 Å². The second-order valence-electron chi connectivity index (χ2n) is 3.40. The van der Waals surface area contributed by atoms with Crippen LogP contribution in [0.4, 0.5) is 5.69 Å². The van der Waals surface area contributed by atoms with Crippen molar-refractivity contribution in [3.8, 4) is 0 Å². The lowest BCUT2D eigenvalue weighted by Crippen LogP contribution is -1.97. The van der Waals surface area contributed by atoms with E-state index in [1.165, 1.54) is 4.88 Å². The molecule has 15 heavy (non-hydrogen) atoms. The predicted octanol–water partition coefficient (Wildman–Crippen LogP) is 4.32. The molecule has 0 atom stereocenters. The summed E-state index contributed by atoms with van der Waals surface area (Å²) in [7, 11) is 0. The summed E-state index contributed by atoms with van der Waals surface area (Å²) in [5.74, 6) is 0. The van der Waals surface area contributed by atoms with E-state index in [1.807, 2.05) is 19.1 Å². The molecule has 0 radical (unpaired) electrons. The molecule has 0 fully saturated rings. The maximum atomic E-state index is 6.04. The van der Waals surface area contributed by atoms with Crippen molar-refractivity contribution in [3.05, 3.63) is 51.2 Å². The molecular formula is C12H12ClNS. The van der Waals surface area contributed by atoms with E-state index in [0.717, 1.165) is 22.8 Å². The van der Waals surface area contributed by atoms with Gasteiger partial charge in [-0.1, -0.05) is 23.7 Å². The van der Waals surface area contributed by atoms with E-state index in [2.05, 4.69) is 28.9 Å². The van der Waals surface area contributed by atoms with Gasteiger partial charge >= 0.3 is 0 Å². The fourth-order valence-corrected chi connectivity index (χ4v) is 2.13. The molecule has 0 unspecified atom stereocenters. The van der Waals surface area contributed by atoms with E-state index < -0.39 is 0 Å². The molecule has 0 bridgehead atoms. The number of halogens is 1. The Bertz CT molecular complexity index is 437. The van der Waals surface area contributed by atoms with Gasteiger partial charge in [0.2, 0.25) is 0 Å². The smallest absolute Gasteiger partial charge is 0.0494 e. The molecule has 1 aromatic carbocycles. The van der Waals surface area contributed by atoms with Gasteiger partial charge in [-0.3, -0.25) is 0 Å². The second kappa shape index (κ2) is 4.69. The van der Waals surface area contributed by atoms with Crippen LogP contribution in [0.1, 0.15) is 10.4 Å². The molecule has 1 aromatic heterocycles. The number of rotatable bonds is 3. The first-order valence-corrected chi connectivity index (χ1v) is 6.04. The van der Waals surface area contributed by atoms with Crippen LogP contribution < -0.4 is 5.32 Å². The number of thiophene rings is 1. The maximum absolute atomic E-state index is 6.04. The first-order valence-electron chi connectivity index (χ1n) is 4.78. The summed E-state index contributed by atoms with van der Waals surface area (Å²) in [5.41, 5.74) is 2.18.